The number of anilines is 1. The molecule has 35 heavy (non-hydrogen) atoms. The molecule has 3 N–H and O–H groups in total. The van der Waals surface area contributed by atoms with Gasteiger partial charge in [-0.05, 0) is 30.3 Å². The van der Waals surface area contributed by atoms with E-state index in [0.29, 0.717) is 16.6 Å². The number of benzene rings is 1. The van der Waals surface area contributed by atoms with Gasteiger partial charge in [-0.3, -0.25) is 9.78 Å². The lowest BCUT2D eigenvalue weighted by Crippen LogP contribution is -2.59. The molecule has 2 aliphatic heterocycles. The summed E-state index contributed by atoms with van der Waals surface area (Å²) in [6.45, 7) is -1.69. The lowest BCUT2D eigenvalue weighted by atomic mass is 9.86. The first-order chi connectivity index (χ1) is 16.3. The number of hydrogen-bond donors (Lipinski definition) is 2. The standard InChI is InChI=1S/C20H18F5N5O4S/c1-30-18(26)29-19(9-34-15(7-21)16(19)35(30,32)33)12-6-11(3-4-13(12)22)28-17(31)14-5-2-10(8-27-14)20(23,24)25/h2-6,8,15-16H,7,9H2,1H3,(H2,26,29)(H,28,31)/t15-,16-,19+/m0/s1. The first kappa shape index (κ1) is 24.8. The van der Waals surface area contributed by atoms with Crippen molar-refractivity contribution >= 4 is 27.6 Å². The molecule has 188 valence electrons. The van der Waals surface area contributed by atoms with E-state index in [4.69, 9.17) is 10.5 Å². The maximum atomic E-state index is 15.0. The number of sulfonamides is 1. The molecule has 0 spiro atoms. The van der Waals surface area contributed by atoms with Crippen LogP contribution in [0.1, 0.15) is 21.6 Å². The van der Waals surface area contributed by atoms with Crippen molar-refractivity contribution < 1.29 is 39.9 Å². The summed E-state index contributed by atoms with van der Waals surface area (Å²) in [6, 6.07) is 4.70. The van der Waals surface area contributed by atoms with Gasteiger partial charge in [0.1, 0.15) is 35.1 Å². The Morgan fingerprint density at radius 2 is 2.03 bits per heavy atom. The Morgan fingerprint density at radius 3 is 2.63 bits per heavy atom. The van der Waals surface area contributed by atoms with E-state index in [1.165, 1.54) is 0 Å². The molecule has 1 saturated heterocycles. The molecule has 1 aromatic carbocycles. The van der Waals surface area contributed by atoms with Crippen LogP contribution in [0.2, 0.25) is 0 Å². The van der Waals surface area contributed by atoms with Crippen LogP contribution in [-0.2, 0) is 26.5 Å². The quantitative estimate of drug-likeness (QED) is 0.596. The van der Waals surface area contributed by atoms with Crippen molar-refractivity contribution in [1.82, 2.24) is 9.29 Å². The van der Waals surface area contributed by atoms with Crippen LogP contribution in [0.4, 0.5) is 27.6 Å². The zero-order chi connectivity index (χ0) is 25.8. The van der Waals surface area contributed by atoms with Crippen molar-refractivity contribution in [2.24, 2.45) is 10.7 Å². The van der Waals surface area contributed by atoms with E-state index < -0.39 is 69.6 Å². The first-order valence-corrected chi connectivity index (χ1v) is 11.5. The Balaban J connectivity index is 1.72. The Morgan fingerprint density at radius 1 is 1.31 bits per heavy atom. The first-order valence-electron chi connectivity index (χ1n) is 9.96. The molecule has 2 aromatic rings. The maximum absolute atomic E-state index is 15.0. The average molecular weight is 519 g/mol. The van der Waals surface area contributed by atoms with Crippen LogP contribution >= 0.6 is 0 Å². The number of amides is 1. The van der Waals surface area contributed by atoms with E-state index in [0.717, 1.165) is 31.3 Å². The third-order valence-corrected chi connectivity index (χ3v) is 8.12. The van der Waals surface area contributed by atoms with Crippen molar-refractivity contribution in [2.45, 2.75) is 23.1 Å². The minimum absolute atomic E-state index is 0.0463. The van der Waals surface area contributed by atoms with Crippen molar-refractivity contribution in [3.63, 3.8) is 0 Å². The summed E-state index contributed by atoms with van der Waals surface area (Å²) in [5.41, 5.74) is 2.06. The van der Waals surface area contributed by atoms with Gasteiger partial charge in [-0.2, -0.15) is 13.2 Å². The largest absolute Gasteiger partial charge is 0.417 e. The van der Waals surface area contributed by atoms with Gasteiger partial charge in [-0.15, -0.1) is 0 Å². The fourth-order valence-corrected chi connectivity index (χ4v) is 5.98. The molecule has 15 heteroatoms. The third kappa shape index (κ3) is 4.07. The molecule has 1 aromatic heterocycles. The predicted octanol–water partition coefficient (Wildman–Crippen LogP) is 2.01. The monoisotopic (exact) mass is 519 g/mol. The molecule has 2 aliphatic rings. The number of hydrogen-bond acceptors (Lipinski definition) is 7. The number of guanidine groups is 1. The molecular formula is C20H18F5N5O4S. The molecule has 0 bridgehead atoms. The van der Waals surface area contributed by atoms with Gasteiger partial charge in [0, 0.05) is 24.5 Å². The second kappa shape index (κ2) is 8.41. The van der Waals surface area contributed by atoms with Gasteiger partial charge < -0.3 is 15.8 Å². The fraction of sp³-hybridized carbons (Fsp3) is 0.350. The topological polar surface area (TPSA) is 127 Å². The zero-order valence-electron chi connectivity index (χ0n) is 17.9. The molecule has 0 radical (unpaired) electrons. The number of alkyl halides is 4. The van der Waals surface area contributed by atoms with Gasteiger partial charge in [0.15, 0.2) is 0 Å². The zero-order valence-corrected chi connectivity index (χ0v) is 18.7. The number of nitrogens with one attached hydrogen (secondary N) is 1. The second-order valence-electron chi connectivity index (χ2n) is 7.91. The number of ether oxygens (including phenoxy) is 1. The summed E-state index contributed by atoms with van der Waals surface area (Å²) in [5.74, 6) is -2.29. The van der Waals surface area contributed by atoms with E-state index in [9.17, 15) is 30.8 Å². The molecule has 0 unspecified atom stereocenters. The highest BCUT2D eigenvalue weighted by atomic mass is 32.2. The van der Waals surface area contributed by atoms with E-state index in [1.807, 2.05) is 0 Å². The molecule has 3 atom stereocenters. The minimum atomic E-state index is -4.64. The number of halogens is 5. The lowest BCUT2D eigenvalue weighted by Gasteiger charge is -2.39. The second-order valence-corrected chi connectivity index (χ2v) is 10.00. The number of aromatic nitrogens is 1. The average Bonchev–Trinajstić information content (AvgIpc) is 3.19. The van der Waals surface area contributed by atoms with E-state index >= 15 is 4.39 Å². The van der Waals surface area contributed by atoms with E-state index in [1.54, 1.807) is 0 Å². The van der Waals surface area contributed by atoms with Crippen LogP contribution < -0.4 is 11.1 Å². The molecule has 3 heterocycles. The summed E-state index contributed by atoms with van der Waals surface area (Å²) >= 11 is 0. The van der Waals surface area contributed by atoms with Crippen LogP contribution in [0, 0.1) is 5.82 Å². The Hall–Kier alpha value is -3.33. The predicted molar refractivity (Wildman–Crippen MR) is 113 cm³/mol. The van der Waals surface area contributed by atoms with E-state index in [2.05, 4.69) is 15.3 Å². The maximum Gasteiger partial charge on any atom is 0.417 e. The molecule has 4 rings (SSSR count). The Labute approximate surface area is 195 Å². The van der Waals surface area contributed by atoms with Gasteiger partial charge in [0.2, 0.25) is 16.0 Å². The van der Waals surface area contributed by atoms with Gasteiger partial charge >= 0.3 is 6.18 Å². The number of fused-ring (bicyclic) bond motifs is 1. The number of rotatable bonds is 4. The molecule has 9 nitrogen and oxygen atoms in total. The lowest BCUT2D eigenvalue weighted by molar-refractivity contribution is -0.137. The summed E-state index contributed by atoms with van der Waals surface area (Å²) in [6.07, 6.45) is -5.60. The SMILES string of the molecule is CN1C(N)=N[C@@]2(c3cc(NC(=O)c4ccc(C(F)(F)F)cn4)ccc3F)CO[C@@H](CF)[C@@H]2S1(=O)=O. The van der Waals surface area contributed by atoms with Gasteiger partial charge in [-0.1, -0.05) is 0 Å². The van der Waals surface area contributed by atoms with Crippen molar-refractivity contribution in [1.29, 1.82) is 0 Å². The van der Waals surface area contributed by atoms with Gasteiger partial charge in [-0.25, -0.2) is 26.5 Å². The Bertz CT molecular complexity index is 1300. The van der Waals surface area contributed by atoms with Crippen molar-refractivity contribution in [3.8, 4) is 0 Å². The fourth-order valence-electron chi connectivity index (χ4n) is 4.06. The van der Waals surface area contributed by atoms with Gasteiger partial charge in [0.05, 0.1) is 12.2 Å². The van der Waals surface area contributed by atoms with Crippen LogP contribution in [0.3, 0.4) is 0 Å². The highest BCUT2D eigenvalue weighted by Gasteiger charge is 2.62. The molecule has 0 saturated carbocycles. The minimum Gasteiger partial charge on any atom is -0.371 e. The van der Waals surface area contributed by atoms with E-state index in [-0.39, 0.29) is 16.9 Å². The smallest absolute Gasteiger partial charge is 0.371 e. The molecular weight excluding hydrogens is 501 g/mol. The van der Waals surface area contributed by atoms with Crippen molar-refractivity contribution in [3.05, 3.63) is 59.2 Å². The number of aliphatic imine (C=N–C) groups is 1. The number of carbonyl (C=O) groups is 1. The Kier molecular flexibility index (Phi) is 5.95. The van der Waals surface area contributed by atoms with Crippen molar-refractivity contribution in [2.75, 3.05) is 25.6 Å². The molecule has 1 fully saturated rings. The summed E-state index contributed by atoms with van der Waals surface area (Å²) in [4.78, 5) is 20.2. The summed E-state index contributed by atoms with van der Waals surface area (Å²) < 4.78 is 98.9. The molecule has 1 amide bonds. The third-order valence-electron chi connectivity index (χ3n) is 5.83. The summed E-state index contributed by atoms with van der Waals surface area (Å²) in [7, 11) is -3.19. The number of nitrogens with zero attached hydrogens (tertiary/aromatic N) is 3. The highest BCUT2D eigenvalue weighted by Crippen LogP contribution is 2.46. The van der Waals surface area contributed by atoms with Crippen LogP contribution in [0.15, 0.2) is 41.5 Å². The number of pyridine rings is 1. The van der Waals surface area contributed by atoms with Gasteiger partial charge in [0.25, 0.3) is 5.91 Å². The summed E-state index contributed by atoms with van der Waals surface area (Å²) in [5, 5.41) is 0.718. The van der Waals surface area contributed by atoms with Crippen LogP contribution in [-0.4, -0.2) is 61.3 Å². The normalized spacial score (nSPS) is 25.7. The highest BCUT2D eigenvalue weighted by molar-refractivity contribution is 7.90. The number of carbonyl (C=O) groups excluding carboxylic acids is 1. The van der Waals surface area contributed by atoms with Crippen LogP contribution in [0.25, 0.3) is 0 Å². The number of nitrogens with two attached hydrogens (primary N) is 1. The molecule has 0 aliphatic carbocycles. The van der Waals surface area contributed by atoms with Crippen LogP contribution in [0.5, 0.6) is 0 Å².